The second-order valence-corrected chi connectivity index (χ2v) is 4.28. The Morgan fingerprint density at radius 3 is 1.90 bits per heavy atom. The van der Waals surface area contributed by atoms with Crippen LogP contribution in [0.4, 0.5) is 5.69 Å². The number of nitrogens with one attached hydrogen (secondary N) is 1. The molecule has 0 aliphatic rings. The Labute approximate surface area is 121 Å². The average molecular weight is 283 g/mol. The standard InChI is InChI=1S/C15H13N3O3/c16-17-15(19)13-7-3-11(4-8-13)1-2-12-5-9-14(10-6-12)18(20)21/h1-10H,16H2,(H,17,19)/b2-1+. The highest BCUT2D eigenvalue weighted by Gasteiger charge is 2.03. The second-order valence-electron chi connectivity index (χ2n) is 4.28. The minimum atomic E-state index is -0.436. The molecule has 0 saturated carbocycles. The first-order valence-corrected chi connectivity index (χ1v) is 6.13. The van der Waals surface area contributed by atoms with E-state index >= 15 is 0 Å². The number of nitrogens with two attached hydrogens (primary N) is 1. The number of nitro groups is 1. The molecule has 2 rings (SSSR count). The Hall–Kier alpha value is -2.99. The third kappa shape index (κ3) is 3.74. The lowest BCUT2D eigenvalue weighted by atomic mass is 10.1. The van der Waals surface area contributed by atoms with Crippen LogP contribution in [0.25, 0.3) is 12.2 Å². The van der Waals surface area contributed by atoms with Crippen LogP contribution in [0.15, 0.2) is 48.5 Å². The number of carbonyl (C=O) groups is 1. The van der Waals surface area contributed by atoms with Crippen molar-refractivity contribution in [3.63, 3.8) is 0 Å². The topological polar surface area (TPSA) is 98.3 Å². The Morgan fingerprint density at radius 2 is 1.48 bits per heavy atom. The molecular formula is C15H13N3O3. The van der Waals surface area contributed by atoms with Gasteiger partial charge in [-0.15, -0.1) is 0 Å². The number of hydrogen-bond donors (Lipinski definition) is 2. The summed E-state index contributed by atoms with van der Waals surface area (Å²) in [6, 6.07) is 13.1. The molecule has 6 heteroatoms. The van der Waals surface area contributed by atoms with Gasteiger partial charge in [0, 0.05) is 17.7 Å². The lowest BCUT2D eigenvalue weighted by molar-refractivity contribution is -0.384. The summed E-state index contributed by atoms with van der Waals surface area (Å²) in [4.78, 5) is 21.4. The lowest BCUT2D eigenvalue weighted by Crippen LogP contribution is -2.29. The van der Waals surface area contributed by atoms with E-state index in [0.29, 0.717) is 5.56 Å². The first-order valence-electron chi connectivity index (χ1n) is 6.13. The van der Waals surface area contributed by atoms with Gasteiger partial charge in [0.25, 0.3) is 11.6 Å². The minimum absolute atomic E-state index is 0.0595. The highest BCUT2D eigenvalue weighted by atomic mass is 16.6. The summed E-state index contributed by atoms with van der Waals surface area (Å²) in [6.07, 6.45) is 3.69. The highest BCUT2D eigenvalue weighted by Crippen LogP contribution is 2.14. The van der Waals surface area contributed by atoms with Crippen LogP contribution in [0.5, 0.6) is 0 Å². The van der Waals surface area contributed by atoms with Crippen molar-refractivity contribution >= 4 is 23.7 Å². The van der Waals surface area contributed by atoms with Crippen LogP contribution in [0.3, 0.4) is 0 Å². The molecule has 0 spiro atoms. The van der Waals surface area contributed by atoms with Gasteiger partial charge in [-0.25, -0.2) is 5.84 Å². The van der Waals surface area contributed by atoms with Crippen LogP contribution in [-0.4, -0.2) is 10.8 Å². The number of carbonyl (C=O) groups excluding carboxylic acids is 1. The van der Waals surface area contributed by atoms with E-state index in [2.05, 4.69) is 5.43 Å². The molecule has 0 aliphatic heterocycles. The van der Waals surface area contributed by atoms with Crippen LogP contribution < -0.4 is 11.3 Å². The summed E-state index contributed by atoms with van der Waals surface area (Å²) in [5, 5.41) is 10.5. The predicted octanol–water partition coefficient (Wildman–Crippen LogP) is 2.37. The zero-order valence-corrected chi connectivity index (χ0v) is 11.0. The van der Waals surface area contributed by atoms with Crippen LogP contribution in [0, 0.1) is 10.1 Å². The lowest BCUT2D eigenvalue weighted by Gasteiger charge is -2.00. The summed E-state index contributed by atoms with van der Waals surface area (Å²) < 4.78 is 0. The number of nitrogen functional groups attached to an aromatic ring is 1. The minimum Gasteiger partial charge on any atom is -0.290 e. The van der Waals surface area contributed by atoms with Crippen LogP contribution >= 0.6 is 0 Å². The Kier molecular flexibility index (Phi) is 4.43. The first kappa shape index (κ1) is 14.4. The molecule has 0 fully saturated rings. The van der Waals surface area contributed by atoms with Crippen molar-refractivity contribution in [3.8, 4) is 0 Å². The fourth-order valence-electron chi connectivity index (χ4n) is 1.73. The van der Waals surface area contributed by atoms with Gasteiger partial charge in [0.1, 0.15) is 0 Å². The molecule has 2 aromatic rings. The van der Waals surface area contributed by atoms with E-state index in [1.807, 2.05) is 12.2 Å². The number of hydrazine groups is 1. The van der Waals surface area contributed by atoms with Gasteiger partial charge >= 0.3 is 0 Å². The van der Waals surface area contributed by atoms with Crippen molar-refractivity contribution in [1.82, 2.24) is 5.43 Å². The van der Waals surface area contributed by atoms with E-state index in [-0.39, 0.29) is 11.6 Å². The van der Waals surface area contributed by atoms with E-state index in [9.17, 15) is 14.9 Å². The second kappa shape index (κ2) is 6.44. The van der Waals surface area contributed by atoms with Gasteiger partial charge in [0.2, 0.25) is 0 Å². The molecule has 3 N–H and O–H groups in total. The summed E-state index contributed by atoms with van der Waals surface area (Å²) in [5.41, 5.74) is 4.35. The molecule has 0 saturated heterocycles. The maximum absolute atomic E-state index is 11.3. The number of non-ortho nitro benzene ring substituents is 1. The SMILES string of the molecule is NNC(=O)c1ccc(/C=C/c2ccc([N+](=O)[O-])cc2)cc1. The number of amides is 1. The van der Waals surface area contributed by atoms with E-state index in [4.69, 9.17) is 5.84 Å². The molecule has 2 aromatic carbocycles. The third-order valence-electron chi connectivity index (χ3n) is 2.88. The van der Waals surface area contributed by atoms with Gasteiger partial charge < -0.3 is 0 Å². The maximum atomic E-state index is 11.3. The summed E-state index contributed by atoms with van der Waals surface area (Å²) in [7, 11) is 0. The smallest absolute Gasteiger partial charge is 0.269 e. The molecule has 0 bridgehead atoms. The molecule has 1 amide bonds. The zero-order chi connectivity index (χ0) is 15.2. The molecule has 21 heavy (non-hydrogen) atoms. The molecule has 6 nitrogen and oxygen atoms in total. The molecule has 0 atom stereocenters. The molecule has 0 unspecified atom stereocenters. The van der Waals surface area contributed by atoms with Gasteiger partial charge in [-0.2, -0.15) is 0 Å². The van der Waals surface area contributed by atoms with Crippen LogP contribution in [-0.2, 0) is 0 Å². The van der Waals surface area contributed by atoms with Crippen molar-refractivity contribution in [3.05, 3.63) is 75.3 Å². The highest BCUT2D eigenvalue weighted by molar-refractivity contribution is 5.94. The molecule has 0 aliphatic carbocycles. The Morgan fingerprint density at radius 1 is 1.00 bits per heavy atom. The number of hydrogen-bond acceptors (Lipinski definition) is 4. The average Bonchev–Trinajstić information content (AvgIpc) is 2.53. The van der Waals surface area contributed by atoms with Crippen LogP contribution in [0.1, 0.15) is 21.5 Å². The van der Waals surface area contributed by atoms with E-state index < -0.39 is 4.92 Å². The molecular weight excluding hydrogens is 270 g/mol. The fourth-order valence-corrected chi connectivity index (χ4v) is 1.73. The largest absolute Gasteiger partial charge is 0.290 e. The molecule has 106 valence electrons. The van der Waals surface area contributed by atoms with Crippen LogP contribution in [0.2, 0.25) is 0 Å². The van der Waals surface area contributed by atoms with Crippen molar-refractivity contribution in [2.75, 3.05) is 0 Å². The Balaban J connectivity index is 2.10. The summed E-state index contributed by atoms with van der Waals surface area (Å²) in [6.45, 7) is 0. The van der Waals surface area contributed by atoms with Crippen molar-refractivity contribution < 1.29 is 9.72 Å². The number of rotatable bonds is 4. The van der Waals surface area contributed by atoms with Gasteiger partial charge in [0.15, 0.2) is 0 Å². The maximum Gasteiger partial charge on any atom is 0.269 e. The van der Waals surface area contributed by atoms with Gasteiger partial charge in [0.05, 0.1) is 4.92 Å². The monoisotopic (exact) mass is 283 g/mol. The number of nitro benzene ring substituents is 1. The normalized spacial score (nSPS) is 10.5. The van der Waals surface area contributed by atoms with Gasteiger partial charge in [-0.1, -0.05) is 24.3 Å². The Bertz CT molecular complexity index is 676. The van der Waals surface area contributed by atoms with E-state index in [0.717, 1.165) is 11.1 Å². The van der Waals surface area contributed by atoms with Crippen molar-refractivity contribution in [2.24, 2.45) is 5.84 Å². The van der Waals surface area contributed by atoms with Gasteiger partial charge in [-0.3, -0.25) is 20.3 Å². The number of benzene rings is 2. The van der Waals surface area contributed by atoms with Gasteiger partial charge in [-0.05, 0) is 35.4 Å². The van der Waals surface area contributed by atoms with Crippen molar-refractivity contribution in [1.29, 1.82) is 0 Å². The first-order chi connectivity index (χ1) is 10.1. The molecule has 0 aromatic heterocycles. The summed E-state index contributed by atoms with van der Waals surface area (Å²) in [5.74, 6) is 4.70. The van der Waals surface area contributed by atoms with E-state index in [1.165, 1.54) is 12.1 Å². The van der Waals surface area contributed by atoms with Crippen molar-refractivity contribution in [2.45, 2.75) is 0 Å². The zero-order valence-electron chi connectivity index (χ0n) is 11.0. The fraction of sp³-hybridized carbons (Fsp3) is 0. The summed E-state index contributed by atoms with van der Waals surface area (Å²) >= 11 is 0. The van der Waals surface area contributed by atoms with E-state index in [1.54, 1.807) is 36.4 Å². The predicted molar refractivity (Wildman–Crippen MR) is 80.1 cm³/mol. The number of nitrogens with zero attached hydrogens (tertiary/aromatic N) is 1. The molecule has 0 heterocycles. The molecule has 0 radical (unpaired) electrons. The third-order valence-corrected chi connectivity index (χ3v) is 2.88. The quantitative estimate of drug-likeness (QED) is 0.296.